The lowest BCUT2D eigenvalue weighted by molar-refractivity contribution is -0.137. The normalized spacial score (nSPS) is 11.5. The summed E-state index contributed by atoms with van der Waals surface area (Å²) in [4.78, 5) is 23.3. The van der Waals surface area contributed by atoms with E-state index in [0.717, 1.165) is 12.1 Å². The zero-order chi connectivity index (χ0) is 16.7. The molecule has 1 aromatic heterocycles. The smallest absolute Gasteiger partial charge is 0.294 e. The van der Waals surface area contributed by atoms with Gasteiger partial charge in [-0.2, -0.15) is 18.3 Å². The Morgan fingerprint density at radius 1 is 1.14 bits per heavy atom. The van der Waals surface area contributed by atoms with Crippen LogP contribution in [-0.2, 0) is 6.18 Å². The van der Waals surface area contributed by atoms with Crippen LogP contribution in [0.1, 0.15) is 46.0 Å². The van der Waals surface area contributed by atoms with Crippen molar-refractivity contribution in [3.05, 3.63) is 46.8 Å². The molecule has 1 aromatic carbocycles. The lowest BCUT2D eigenvalue weighted by Gasteiger charge is -2.10. The van der Waals surface area contributed by atoms with E-state index < -0.39 is 17.5 Å². The van der Waals surface area contributed by atoms with Gasteiger partial charge in [-0.1, -0.05) is 6.07 Å². The maximum atomic E-state index is 12.8. The lowest BCUT2D eigenvalue weighted by atomic mass is 10.1. The standard InChI is InChI=1S/C15H13F3N2O2/c1-8-13(9(2)21)14(10(3)22)19-20(8)12-6-4-5-11(7-12)15(16,17)18/h4-7H,1-3H3. The van der Waals surface area contributed by atoms with Crippen molar-refractivity contribution in [2.24, 2.45) is 0 Å². The summed E-state index contributed by atoms with van der Waals surface area (Å²) in [7, 11) is 0. The Labute approximate surface area is 124 Å². The third kappa shape index (κ3) is 2.79. The minimum absolute atomic E-state index is 0.0394. The van der Waals surface area contributed by atoms with Crippen molar-refractivity contribution < 1.29 is 22.8 Å². The van der Waals surface area contributed by atoms with Crippen LogP contribution in [0.5, 0.6) is 0 Å². The molecule has 1 heterocycles. The van der Waals surface area contributed by atoms with Crippen molar-refractivity contribution >= 4 is 11.6 Å². The Bertz CT molecular complexity index is 761. The second-order valence-electron chi connectivity index (χ2n) is 4.88. The zero-order valence-corrected chi connectivity index (χ0v) is 12.2. The molecule has 0 aliphatic rings. The van der Waals surface area contributed by atoms with Crippen LogP contribution < -0.4 is 0 Å². The second-order valence-corrected chi connectivity index (χ2v) is 4.88. The van der Waals surface area contributed by atoms with Crippen molar-refractivity contribution in [2.45, 2.75) is 26.9 Å². The molecule has 0 radical (unpaired) electrons. The number of hydrogen-bond acceptors (Lipinski definition) is 3. The van der Waals surface area contributed by atoms with Crippen LogP contribution in [0.25, 0.3) is 5.69 Å². The van der Waals surface area contributed by atoms with Gasteiger partial charge >= 0.3 is 6.18 Å². The van der Waals surface area contributed by atoms with Crippen molar-refractivity contribution in [1.29, 1.82) is 0 Å². The predicted octanol–water partition coefficient (Wildman–Crippen LogP) is 3.60. The molecule has 0 bridgehead atoms. The van der Waals surface area contributed by atoms with Gasteiger partial charge in [0.05, 0.1) is 22.5 Å². The van der Waals surface area contributed by atoms with E-state index in [1.165, 1.54) is 37.6 Å². The highest BCUT2D eigenvalue weighted by Crippen LogP contribution is 2.31. The van der Waals surface area contributed by atoms with E-state index in [-0.39, 0.29) is 22.7 Å². The number of Topliss-reactive ketones (excluding diaryl/α,β-unsaturated/α-hetero) is 2. The van der Waals surface area contributed by atoms with Gasteiger partial charge < -0.3 is 0 Å². The Morgan fingerprint density at radius 3 is 2.23 bits per heavy atom. The molecule has 0 atom stereocenters. The number of hydrogen-bond donors (Lipinski definition) is 0. The molecule has 0 aliphatic carbocycles. The number of benzene rings is 1. The molecule has 0 saturated carbocycles. The van der Waals surface area contributed by atoms with Crippen LogP contribution in [0.3, 0.4) is 0 Å². The second kappa shape index (κ2) is 5.40. The Balaban J connectivity index is 2.66. The van der Waals surface area contributed by atoms with Gasteiger partial charge in [0.15, 0.2) is 11.6 Å². The summed E-state index contributed by atoms with van der Waals surface area (Å²) in [5, 5.41) is 4.00. The van der Waals surface area contributed by atoms with Gasteiger partial charge in [-0.05, 0) is 32.0 Å². The van der Waals surface area contributed by atoms with E-state index in [9.17, 15) is 22.8 Å². The molecule has 116 valence electrons. The van der Waals surface area contributed by atoms with Crippen LogP contribution in [0.2, 0.25) is 0 Å². The molecule has 22 heavy (non-hydrogen) atoms. The molecule has 7 heteroatoms. The summed E-state index contributed by atoms with van der Waals surface area (Å²) >= 11 is 0. The molecule has 0 amide bonds. The summed E-state index contributed by atoms with van der Waals surface area (Å²) in [5.41, 5.74) is -0.264. The molecule has 0 N–H and O–H groups in total. The molecule has 2 rings (SSSR count). The van der Waals surface area contributed by atoms with E-state index >= 15 is 0 Å². The summed E-state index contributed by atoms with van der Waals surface area (Å²) in [6, 6.07) is 4.55. The summed E-state index contributed by atoms with van der Waals surface area (Å²) in [5.74, 6) is -0.778. The van der Waals surface area contributed by atoms with Gasteiger partial charge in [-0.25, -0.2) is 4.68 Å². The molecule has 2 aromatic rings. The molecular formula is C15H13F3N2O2. The SMILES string of the molecule is CC(=O)c1nn(-c2cccc(C(F)(F)F)c2)c(C)c1C(C)=O. The Morgan fingerprint density at radius 2 is 1.77 bits per heavy atom. The molecule has 0 saturated heterocycles. The average Bonchev–Trinajstić information content (AvgIpc) is 2.76. The van der Waals surface area contributed by atoms with Crippen molar-refractivity contribution in [2.75, 3.05) is 0 Å². The first-order valence-electron chi connectivity index (χ1n) is 6.42. The van der Waals surface area contributed by atoms with E-state index in [2.05, 4.69) is 5.10 Å². The van der Waals surface area contributed by atoms with E-state index in [0.29, 0.717) is 5.69 Å². The Kier molecular flexibility index (Phi) is 3.91. The number of nitrogens with zero attached hydrogens (tertiary/aromatic N) is 2. The number of alkyl halides is 3. The first-order chi connectivity index (χ1) is 10.1. The first kappa shape index (κ1) is 15.9. The number of rotatable bonds is 3. The molecular weight excluding hydrogens is 297 g/mol. The van der Waals surface area contributed by atoms with Gasteiger partial charge in [-0.15, -0.1) is 0 Å². The highest BCUT2D eigenvalue weighted by molar-refractivity contribution is 6.06. The highest BCUT2D eigenvalue weighted by atomic mass is 19.4. The van der Waals surface area contributed by atoms with Gasteiger partial charge in [0, 0.05) is 6.92 Å². The molecule has 0 fully saturated rings. The molecule has 0 spiro atoms. The quantitative estimate of drug-likeness (QED) is 0.814. The third-order valence-electron chi connectivity index (χ3n) is 3.22. The molecule has 4 nitrogen and oxygen atoms in total. The maximum absolute atomic E-state index is 12.8. The highest BCUT2D eigenvalue weighted by Gasteiger charge is 2.31. The number of aromatic nitrogens is 2. The zero-order valence-electron chi connectivity index (χ0n) is 12.2. The minimum atomic E-state index is -4.48. The van der Waals surface area contributed by atoms with Gasteiger partial charge in [0.25, 0.3) is 0 Å². The average molecular weight is 310 g/mol. The van der Waals surface area contributed by atoms with Gasteiger partial charge in [-0.3, -0.25) is 9.59 Å². The number of carbonyl (C=O) groups excluding carboxylic acids is 2. The van der Waals surface area contributed by atoms with Crippen LogP contribution in [0.4, 0.5) is 13.2 Å². The van der Waals surface area contributed by atoms with E-state index in [4.69, 9.17) is 0 Å². The third-order valence-corrected chi connectivity index (χ3v) is 3.22. The maximum Gasteiger partial charge on any atom is 0.416 e. The summed E-state index contributed by atoms with van der Waals surface area (Å²) in [6.07, 6.45) is -4.48. The predicted molar refractivity (Wildman–Crippen MR) is 73.3 cm³/mol. The fourth-order valence-corrected chi connectivity index (χ4v) is 2.24. The van der Waals surface area contributed by atoms with E-state index in [1.54, 1.807) is 0 Å². The first-order valence-corrected chi connectivity index (χ1v) is 6.42. The molecule has 0 aliphatic heterocycles. The molecule has 0 unspecified atom stereocenters. The van der Waals surface area contributed by atoms with Crippen LogP contribution in [0, 0.1) is 6.92 Å². The Hall–Kier alpha value is -2.44. The topological polar surface area (TPSA) is 52.0 Å². The van der Waals surface area contributed by atoms with Gasteiger partial charge in [0.2, 0.25) is 0 Å². The fourth-order valence-electron chi connectivity index (χ4n) is 2.24. The van der Waals surface area contributed by atoms with Crippen LogP contribution in [-0.4, -0.2) is 21.3 Å². The van der Waals surface area contributed by atoms with Crippen molar-refractivity contribution in [3.63, 3.8) is 0 Å². The number of ketones is 2. The number of carbonyl (C=O) groups is 2. The largest absolute Gasteiger partial charge is 0.416 e. The number of halogens is 3. The van der Waals surface area contributed by atoms with Crippen molar-refractivity contribution in [1.82, 2.24) is 9.78 Å². The monoisotopic (exact) mass is 310 g/mol. The lowest BCUT2D eigenvalue weighted by Crippen LogP contribution is -2.07. The van der Waals surface area contributed by atoms with E-state index in [1.807, 2.05) is 0 Å². The summed E-state index contributed by atoms with van der Waals surface area (Å²) in [6.45, 7) is 4.08. The minimum Gasteiger partial charge on any atom is -0.294 e. The van der Waals surface area contributed by atoms with Crippen molar-refractivity contribution in [3.8, 4) is 5.69 Å². The van der Waals surface area contributed by atoms with Crippen LogP contribution in [0.15, 0.2) is 24.3 Å². The summed E-state index contributed by atoms with van der Waals surface area (Å²) < 4.78 is 39.5. The fraction of sp³-hybridized carbons (Fsp3) is 0.267. The van der Waals surface area contributed by atoms with Crippen LogP contribution >= 0.6 is 0 Å². The van der Waals surface area contributed by atoms with Gasteiger partial charge in [0.1, 0.15) is 5.69 Å².